The van der Waals surface area contributed by atoms with E-state index in [1.165, 1.54) is 14.2 Å². The molecule has 0 spiro atoms. The lowest BCUT2D eigenvalue weighted by Gasteiger charge is -2.17. The number of ether oxygens (including phenoxy) is 2. The van der Waals surface area contributed by atoms with Crippen LogP contribution < -0.4 is 9.47 Å². The number of aliphatic hydroxyl groups excluding tert-OH is 1. The molecule has 0 bridgehead atoms. The Morgan fingerprint density at radius 3 is 2.41 bits per heavy atom. The molecule has 0 amide bonds. The molecule has 7 nitrogen and oxygen atoms in total. The Morgan fingerprint density at radius 1 is 1.27 bits per heavy atom. The maximum absolute atomic E-state index is 12.9. The summed E-state index contributed by atoms with van der Waals surface area (Å²) in [4.78, 5) is 0. The summed E-state index contributed by atoms with van der Waals surface area (Å²) in [6.07, 6.45) is -4.78. The van der Waals surface area contributed by atoms with Gasteiger partial charge in [-0.25, -0.2) is 0 Å². The number of halogens is 4. The third kappa shape index (κ3) is 2.66. The molecule has 1 aromatic carbocycles. The third-order valence-electron chi connectivity index (χ3n) is 2.78. The van der Waals surface area contributed by atoms with Crippen molar-refractivity contribution in [2.24, 2.45) is 0 Å². The molecule has 1 N–H and O–H groups in total. The van der Waals surface area contributed by atoms with E-state index in [4.69, 9.17) is 21.1 Å². The lowest BCUT2D eigenvalue weighted by Crippen LogP contribution is -2.16. The second kappa shape index (κ2) is 5.97. The van der Waals surface area contributed by atoms with Crippen molar-refractivity contribution in [3.8, 4) is 17.2 Å². The molecule has 11 heteroatoms. The normalized spacial score (nSPS) is 11.6. The summed E-state index contributed by atoms with van der Waals surface area (Å²) in [6, 6.07) is 1.16. The van der Waals surface area contributed by atoms with Crippen LogP contribution in [0.1, 0.15) is 11.4 Å². The summed E-state index contributed by atoms with van der Waals surface area (Å²) in [7, 11) is 2.53. The average Bonchev–Trinajstić information content (AvgIpc) is 2.95. The lowest BCUT2D eigenvalue weighted by molar-refractivity contribution is -0.146. The monoisotopic (exact) mass is 338 g/mol. The third-order valence-corrected chi connectivity index (χ3v) is 3.06. The Bertz CT molecular complexity index is 690. The van der Waals surface area contributed by atoms with Crippen LogP contribution in [0.4, 0.5) is 13.2 Å². The molecule has 1 heterocycles. The van der Waals surface area contributed by atoms with Crippen LogP contribution in [0.15, 0.2) is 6.07 Å². The van der Waals surface area contributed by atoms with Gasteiger partial charge >= 0.3 is 6.18 Å². The van der Waals surface area contributed by atoms with Crippen molar-refractivity contribution in [3.63, 3.8) is 0 Å². The molecule has 0 saturated carbocycles. The Kier molecular flexibility index (Phi) is 4.42. The van der Waals surface area contributed by atoms with Gasteiger partial charge in [0.05, 0.1) is 31.4 Å². The molecule has 0 unspecified atom stereocenters. The maximum Gasteiger partial charge on any atom is 0.453 e. The van der Waals surface area contributed by atoms with E-state index in [9.17, 15) is 18.3 Å². The number of aliphatic hydroxyl groups is 1. The van der Waals surface area contributed by atoms with Crippen molar-refractivity contribution in [1.82, 2.24) is 20.2 Å². The van der Waals surface area contributed by atoms with E-state index >= 15 is 0 Å². The number of nitrogens with zero attached hydrogens (tertiary/aromatic N) is 4. The lowest BCUT2D eigenvalue weighted by atomic mass is 10.1. The molecule has 0 aliphatic heterocycles. The quantitative estimate of drug-likeness (QED) is 0.916. The summed E-state index contributed by atoms with van der Waals surface area (Å²) in [5.74, 6) is -1.34. The zero-order valence-corrected chi connectivity index (χ0v) is 12.1. The number of methoxy groups -OCH3 is 2. The number of rotatable bonds is 4. The largest absolute Gasteiger partial charge is 0.495 e. The minimum Gasteiger partial charge on any atom is -0.495 e. The molecule has 0 aliphatic carbocycles. The number of alkyl halides is 3. The molecular weight excluding hydrogens is 329 g/mol. The SMILES string of the molecule is COc1c(Cl)cc(-n2nnnc2C(F)(F)F)c(OC)c1CO. The first-order valence-electron chi connectivity index (χ1n) is 5.75. The summed E-state index contributed by atoms with van der Waals surface area (Å²) in [5.41, 5.74) is -0.0919. The Hall–Kier alpha value is -2.07. The Labute approximate surface area is 127 Å². The van der Waals surface area contributed by atoms with Crippen LogP contribution in [0.5, 0.6) is 11.5 Å². The van der Waals surface area contributed by atoms with Crippen LogP contribution in [0, 0.1) is 0 Å². The zero-order chi connectivity index (χ0) is 16.5. The second-order valence-electron chi connectivity index (χ2n) is 3.99. The van der Waals surface area contributed by atoms with Gasteiger partial charge in [0, 0.05) is 0 Å². The molecule has 1 aromatic heterocycles. The number of hydrogen-bond donors (Lipinski definition) is 1. The highest BCUT2D eigenvalue weighted by Gasteiger charge is 2.39. The van der Waals surface area contributed by atoms with E-state index in [2.05, 4.69) is 15.5 Å². The summed E-state index contributed by atoms with van der Waals surface area (Å²) in [6.45, 7) is -0.566. The first-order valence-corrected chi connectivity index (χ1v) is 6.13. The van der Waals surface area contributed by atoms with Gasteiger partial charge in [-0.1, -0.05) is 11.6 Å². The topological polar surface area (TPSA) is 82.3 Å². The van der Waals surface area contributed by atoms with Crippen LogP contribution in [-0.4, -0.2) is 39.5 Å². The summed E-state index contributed by atoms with van der Waals surface area (Å²) in [5, 5.41) is 18.7. The molecule has 0 radical (unpaired) electrons. The molecule has 2 rings (SSSR count). The van der Waals surface area contributed by atoms with E-state index in [1.54, 1.807) is 0 Å². The number of aromatic nitrogens is 4. The fraction of sp³-hybridized carbons (Fsp3) is 0.364. The van der Waals surface area contributed by atoms with Crippen molar-refractivity contribution < 1.29 is 27.8 Å². The van der Waals surface area contributed by atoms with Crippen LogP contribution in [0.25, 0.3) is 5.69 Å². The van der Waals surface area contributed by atoms with Gasteiger partial charge in [0.25, 0.3) is 5.82 Å². The van der Waals surface area contributed by atoms with E-state index in [1.807, 2.05) is 0 Å². The van der Waals surface area contributed by atoms with Gasteiger partial charge < -0.3 is 14.6 Å². The van der Waals surface area contributed by atoms with Gasteiger partial charge in [0.2, 0.25) is 0 Å². The van der Waals surface area contributed by atoms with Gasteiger partial charge in [0.15, 0.2) is 5.75 Å². The predicted molar refractivity (Wildman–Crippen MR) is 68.2 cm³/mol. The van der Waals surface area contributed by atoms with Crippen LogP contribution in [-0.2, 0) is 12.8 Å². The molecule has 0 saturated heterocycles. The second-order valence-corrected chi connectivity index (χ2v) is 4.40. The molecule has 0 fully saturated rings. The van der Waals surface area contributed by atoms with Crippen LogP contribution >= 0.6 is 11.6 Å². The smallest absolute Gasteiger partial charge is 0.453 e. The molecule has 22 heavy (non-hydrogen) atoms. The fourth-order valence-corrected chi connectivity index (χ4v) is 2.22. The first-order chi connectivity index (χ1) is 10.3. The van der Waals surface area contributed by atoms with Crippen molar-refractivity contribution in [2.45, 2.75) is 12.8 Å². The Morgan fingerprint density at radius 2 is 1.91 bits per heavy atom. The molecule has 2 aromatic rings. The summed E-state index contributed by atoms with van der Waals surface area (Å²) < 4.78 is 49.3. The van der Waals surface area contributed by atoms with Gasteiger partial charge in [-0.2, -0.15) is 17.9 Å². The van der Waals surface area contributed by atoms with Gasteiger partial charge in [-0.05, 0) is 16.5 Å². The minimum atomic E-state index is -4.78. The van der Waals surface area contributed by atoms with E-state index in [0.717, 1.165) is 6.07 Å². The van der Waals surface area contributed by atoms with E-state index in [0.29, 0.717) is 4.68 Å². The summed E-state index contributed by atoms with van der Waals surface area (Å²) >= 11 is 5.97. The highest BCUT2D eigenvalue weighted by molar-refractivity contribution is 6.32. The average molecular weight is 339 g/mol. The van der Waals surface area contributed by atoms with E-state index in [-0.39, 0.29) is 27.8 Å². The van der Waals surface area contributed by atoms with Crippen LogP contribution in [0.2, 0.25) is 5.02 Å². The van der Waals surface area contributed by atoms with Crippen LogP contribution in [0.3, 0.4) is 0 Å². The Balaban J connectivity index is 2.77. The molecular formula is C11H10ClF3N4O3. The number of hydrogen-bond acceptors (Lipinski definition) is 6. The van der Waals surface area contributed by atoms with Crippen molar-refractivity contribution in [3.05, 3.63) is 22.5 Å². The standard InChI is InChI=1S/C11H10ClF3N4O3/c1-21-8-5(4-20)9(22-2)7(3-6(8)12)19-10(11(13,14)15)16-17-18-19/h3,20H,4H2,1-2H3. The number of benzene rings is 1. The van der Waals surface area contributed by atoms with Gasteiger partial charge in [-0.3, -0.25) is 0 Å². The van der Waals surface area contributed by atoms with Gasteiger partial charge in [-0.15, -0.1) is 5.10 Å². The predicted octanol–water partition coefficient (Wildman–Crippen LogP) is 1.84. The van der Waals surface area contributed by atoms with Crippen molar-refractivity contribution in [2.75, 3.05) is 14.2 Å². The first kappa shape index (κ1) is 16.3. The van der Waals surface area contributed by atoms with Gasteiger partial charge in [0.1, 0.15) is 11.4 Å². The van der Waals surface area contributed by atoms with Crippen molar-refractivity contribution >= 4 is 11.6 Å². The zero-order valence-electron chi connectivity index (χ0n) is 11.3. The molecule has 120 valence electrons. The van der Waals surface area contributed by atoms with E-state index < -0.39 is 18.6 Å². The molecule has 0 atom stereocenters. The van der Waals surface area contributed by atoms with Crippen molar-refractivity contribution in [1.29, 1.82) is 0 Å². The minimum absolute atomic E-state index is 0.0222. The number of tetrazole rings is 1. The highest BCUT2D eigenvalue weighted by Crippen LogP contribution is 2.41. The molecule has 0 aliphatic rings. The highest BCUT2D eigenvalue weighted by atomic mass is 35.5. The fourth-order valence-electron chi connectivity index (χ4n) is 1.93. The maximum atomic E-state index is 12.9.